The van der Waals surface area contributed by atoms with Gasteiger partial charge in [-0.05, 0) is 57.2 Å². The van der Waals surface area contributed by atoms with Crippen LogP contribution in [0.4, 0.5) is 0 Å². The number of aryl methyl sites for hydroxylation is 1. The van der Waals surface area contributed by atoms with Crippen molar-refractivity contribution in [3.63, 3.8) is 0 Å². The number of carbonyl (C=O) groups is 1. The van der Waals surface area contributed by atoms with E-state index in [2.05, 4.69) is 5.32 Å². The van der Waals surface area contributed by atoms with Gasteiger partial charge in [0.05, 0.1) is 11.2 Å². The first-order valence-electron chi connectivity index (χ1n) is 8.59. The second kappa shape index (κ2) is 7.45. The number of hydrogen-bond donors (Lipinski definition) is 3. The Morgan fingerprint density at radius 2 is 1.96 bits per heavy atom. The minimum Gasteiger partial charge on any atom is -0.390 e. The molecule has 0 spiro atoms. The Morgan fingerprint density at radius 3 is 2.61 bits per heavy atom. The van der Waals surface area contributed by atoms with Gasteiger partial charge in [-0.1, -0.05) is 31.4 Å². The fourth-order valence-electron chi connectivity index (χ4n) is 3.05. The predicted octanol–water partition coefficient (Wildman–Crippen LogP) is 2.82. The summed E-state index contributed by atoms with van der Waals surface area (Å²) in [6, 6.07) is 7.49. The van der Waals surface area contributed by atoms with Gasteiger partial charge >= 0.3 is 0 Å². The zero-order chi connectivity index (χ0) is 16.9. The van der Waals surface area contributed by atoms with E-state index in [1.54, 1.807) is 19.9 Å². The second-order valence-corrected chi connectivity index (χ2v) is 7.48. The van der Waals surface area contributed by atoms with E-state index in [4.69, 9.17) is 0 Å². The topological polar surface area (TPSA) is 69.6 Å². The highest BCUT2D eigenvalue weighted by Gasteiger charge is 2.29. The molecule has 2 rings (SSSR count). The second-order valence-electron chi connectivity index (χ2n) is 7.48. The summed E-state index contributed by atoms with van der Waals surface area (Å²) < 4.78 is 0. The number of carbonyl (C=O) groups excluding carboxylic acids is 1. The maximum Gasteiger partial charge on any atom is 0.251 e. The maximum absolute atomic E-state index is 12.3. The van der Waals surface area contributed by atoms with Crippen molar-refractivity contribution >= 4 is 5.91 Å². The number of aliphatic hydroxyl groups is 2. The third-order valence-corrected chi connectivity index (χ3v) is 4.58. The summed E-state index contributed by atoms with van der Waals surface area (Å²) >= 11 is 0. The molecule has 4 nitrogen and oxygen atoms in total. The van der Waals surface area contributed by atoms with Crippen LogP contribution in [-0.4, -0.2) is 33.9 Å². The average molecular weight is 319 g/mol. The molecule has 0 aliphatic heterocycles. The van der Waals surface area contributed by atoms with Crippen molar-refractivity contribution in [1.82, 2.24) is 5.32 Å². The highest BCUT2D eigenvalue weighted by atomic mass is 16.3. The number of amides is 1. The molecule has 1 aliphatic carbocycles. The Kier molecular flexibility index (Phi) is 5.82. The van der Waals surface area contributed by atoms with Crippen LogP contribution in [0.2, 0.25) is 0 Å². The summed E-state index contributed by atoms with van der Waals surface area (Å²) in [6.45, 7) is 3.89. The molecule has 3 N–H and O–H groups in total. The molecular weight excluding hydrogens is 290 g/mol. The van der Waals surface area contributed by atoms with Gasteiger partial charge in [0.25, 0.3) is 5.91 Å². The lowest BCUT2D eigenvalue weighted by Crippen LogP contribution is -2.44. The quantitative estimate of drug-likeness (QED) is 0.755. The van der Waals surface area contributed by atoms with Crippen molar-refractivity contribution in [2.75, 3.05) is 6.54 Å². The van der Waals surface area contributed by atoms with Crippen LogP contribution in [0, 0.1) is 0 Å². The van der Waals surface area contributed by atoms with Crippen LogP contribution in [-0.2, 0) is 6.42 Å². The molecule has 0 radical (unpaired) electrons. The first-order chi connectivity index (χ1) is 10.8. The minimum absolute atomic E-state index is 0.144. The lowest BCUT2D eigenvalue weighted by atomic mass is 9.85. The smallest absolute Gasteiger partial charge is 0.251 e. The van der Waals surface area contributed by atoms with Gasteiger partial charge < -0.3 is 15.5 Å². The number of benzene rings is 1. The lowest BCUT2D eigenvalue weighted by Gasteiger charge is -2.32. The van der Waals surface area contributed by atoms with Crippen molar-refractivity contribution in [3.05, 3.63) is 35.4 Å². The summed E-state index contributed by atoms with van der Waals surface area (Å²) in [7, 11) is 0. The first-order valence-corrected chi connectivity index (χ1v) is 8.59. The molecule has 1 aromatic carbocycles. The van der Waals surface area contributed by atoms with Gasteiger partial charge in [-0.25, -0.2) is 0 Å². The van der Waals surface area contributed by atoms with E-state index >= 15 is 0 Å². The lowest BCUT2D eigenvalue weighted by molar-refractivity contribution is 0.00525. The zero-order valence-corrected chi connectivity index (χ0v) is 14.3. The molecule has 0 heterocycles. The summed E-state index contributed by atoms with van der Waals surface area (Å²) in [5.41, 5.74) is 0.198. The predicted molar refractivity (Wildman–Crippen MR) is 91.4 cm³/mol. The molecule has 1 aromatic rings. The normalized spacial score (nSPS) is 17.7. The van der Waals surface area contributed by atoms with Crippen LogP contribution in [0.5, 0.6) is 0 Å². The maximum atomic E-state index is 12.3. The van der Waals surface area contributed by atoms with E-state index in [0.717, 1.165) is 37.7 Å². The monoisotopic (exact) mass is 319 g/mol. The summed E-state index contributed by atoms with van der Waals surface area (Å²) in [6.07, 6.45) is 6.13. The molecule has 0 bridgehead atoms. The Bertz CT molecular complexity index is 528. The third kappa shape index (κ3) is 5.96. The molecule has 1 aliphatic rings. The SMILES string of the molecule is CC(C)(O)CCc1cccc(C(=O)NCC2(O)CCCCC2)c1. The number of nitrogens with one attached hydrogen (secondary N) is 1. The van der Waals surface area contributed by atoms with Crippen molar-refractivity contribution in [1.29, 1.82) is 0 Å². The zero-order valence-electron chi connectivity index (χ0n) is 14.3. The van der Waals surface area contributed by atoms with Crippen LogP contribution in [0.3, 0.4) is 0 Å². The van der Waals surface area contributed by atoms with Crippen molar-refractivity contribution < 1.29 is 15.0 Å². The van der Waals surface area contributed by atoms with Gasteiger partial charge in [0.15, 0.2) is 0 Å². The Morgan fingerprint density at radius 1 is 1.26 bits per heavy atom. The van der Waals surface area contributed by atoms with E-state index < -0.39 is 11.2 Å². The third-order valence-electron chi connectivity index (χ3n) is 4.58. The average Bonchev–Trinajstić information content (AvgIpc) is 2.51. The van der Waals surface area contributed by atoms with E-state index in [1.165, 1.54) is 6.42 Å². The summed E-state index contributed by atoms with van der Waals surface area (Å²) in [4.78, 5) is 12.3. The molecule has 1 amide bonds. The standard InChI is InChI=1S/C19H29NO3/c1-18(2,22)12-9-15-7-6-8-16(13-15)17(21)20-14-19(23)10-4-3-5-11-19/h6-8,13,22-23H,3-5,9-12,14H2,1-2H3,(H,20,21). The largest absolute Gasteiger partial charge is 0.390 e. The van der Waals surface area contributed by atoms with Gasteiger partial charge in [0, 0.05) is 12.1 Å². The Labute approximate surface area is 138 Å². The van der Waals surface area contributed by atoms with E-state index in [-0.39, 0.29) is 5.91 Å². The van der Waals surface area contributed by atoms with E-state index in [0.29, 0.717) is 18.5 Å². The van der Waals surface area contributed by atoms with Crippen LogP contribution in [0.1, 0.15) is 68.3 Å². The van der Waals surface area contributed by atoms with Crippen LogP contribution < -0.4 is 5.32 Å². The molecule has 1 saturated carbocycles. The van der Waals surface area contributed by atoms with Crippen LogP contribution in [0.15, 0.2) is 24.3 Å². The molecule has 0 atom stereocenters. The van der Waals surface area contributed by atoms with E-state index in [9.17, 15) is 15.0 Å². The van der Waals surface area contributed by atoms with Crippen molar-refractivity contribution in [3.8, 4) is 0 Å². The van der Waals surface area contributed by atoms with Crippen LogP contribution in [0.25, 0.3) is 0 Å². The molecule has 1 fully saturated rings. The molecule has 23 heavy (non-hydrogen) atoms. The molecular formula is C19H29NO3. The number of hydrogen-bond acceptors (Lipinski definition) is 3. The molecule has 4 heteroatoms. The summed E-state index contributed by atoms with van der Waals surface area (Å²) in [5.74, 6) is -0.144. The van der Waals surface area contributed by atoms with Gasteiger partial charge in [0.2, 0.25) is 0 Å². The number of rotatable bonds is 6. The van der Waals surface area contributed by atoms with Gasteiger partial charge in [-0.15, -0.1) is 0 Å². The Hall–Kier alpha value is -1.39. The van der Waals surface area contributed by atoms with Gasteiger partial charge in [0.1, 0.15) is 0 Å². The first kappa shape index (κ1) is 18.0. The fraction of sp³-hybridized carbons (Fsp3) is 0.632. The molecule has 0 saturated heterocycles. The molecule has 0 unspecified atom stereocenters. The molecule has 0 aromatic heterocycles. The summed E-state index contributed by atoms with van der Waals surface area (Å²) in [5, 5.41) is 23.1. The molecule has 128 valence electrons. The minimum atomic E-state index is -0.744. The highest BCUT2D eigenvalue weighted by Crippen LogP contribution is 2.27. The van der Waals surface area contributed by atoms with Crippen molar-refractivity contribution in [2.45, 2.75) is 70.0 Å². The van der Waals surface area contributed by atoms with Gasteiger partial charge in [-0.3, -0.25) is 4.79 Å². The Balaban J connectivity index is 1.91. The van der Waals surface area contributed by atoms with Crippen LogP contribution >= 0.6 is 0 Å². The fourth-order valence-corrected chi connectivity index (χ4v) is 3.05. The highest BCUT2D eigenvalue weighted by molar-refractivity contribution is 5.94. The van der Waals surface area contributed by atoms with Gasteiger partial charge in [-0.2, -0.15) is 0 Å². The van der Waals surface area contributed by atoms with Crippen molar-refractivity contribution in [2.24, 2.45) is 0 Å². The van der Waals surface area contributed by atoms with E-state index in [1.807, 2.05) is 18.2 Å².